The summed E-state index contributed by atoms with van der Waals surface area (Å²) in [4.78, 5) is 15.2. The topological polar surface area (TPSA) is 30.0 Å². The summed E-state index contributed by atoms with van der Waals surface area (Å²) in [5, 5.41) is 0. The molecule has 0 atom stereocenters. The Morgan fingerprint density at radius 2 is 2.14 bits per heavy atom. The van der Waals surface area contributed by atoms with Crippen LogP contribution in [-0.4, -0.2) is 11.3 Å². The number of pyridine rings is 1. The minimum Gasteiger partial charge on any atom is -0.298 e. The molecular formula is C12H17NO. The van der Waals surface area contributed by atoms with Crippen LogP contribution < -0.4 is 0 Å². The quantitative estimate of drug-likeness (QED) is 0.685. The number of hydrogen-bond acceptors (Lipinski definition) is 2. The van der Waals surface area contributed by atoms with Gasteiger partial charge < -0.3 is 0 Å². The van der Waals surface area contributed by atoms with Crippen LogP contribution in [0, 0.1) is 13.8 Å². The van der Waals surface area contributed by atoms with E-state index < -0.39 is 0 Å². The highest BCUT2D eigenvalue weighted by Crippen LogP contribution is 2.15. The fraction of sp³-hybridized carbons (Fsp3) is 0.500. The van der Waals surface area contributed by atoms with Gasteiger partial charge in [0, 0.05) is 11.8 Å². The van der Waals surface area contributed by atoms with Gasteiger partial charge in [-0.15, -0.1) is 0 Å². The highest BCUT2D eigenvalue weighted by Gasteiger charge is 2.07. The van der Waals surface area contributed by atoms with Crippen LogP contribution in [0.3, 0.4) is 0 Å². The van der Waals surface area contributed by atoms with Gasteiger partial charge in [-0.25, -0.2) is 0 Å². The van der Waals surface area contributed by atoms with Crippen LogP contribution in [0.25, 0.3) is 0 Å². The van der Waals surface area contributed by atoms with E-state index in [-0.39, 0.29) is 0 Å². The third-order valence-corrected chi connectivity index (χ3v) is 2.61. The Morgan fingerprint density at radius 1 is 1.43 bits per heavy atom. The van der Waals surface area contributed by atoms with Crippen LogP contribution in [0.15, 0.2) is 6.20 Å². The van der Waals surface area contributed by atoms with Gasteiger partial charge in [-0.05, 0) is 37.8 Å². The van der Waals surface area contributed by atoms with Crippen molar-refractivity contribution in [3.8, 4) is 0 Å². The number of hydrogen-bond donors (Lipinski definition) is 0. The lowest BCUT2D eigenvalue weighted by Gasteiger charge is -2.08. The second-order valence-electron chi connectivity index (χ2n) is 3.65. The lowest BCUT2D eigenvalue weighted by atomic mass is 10.0. The van der Waals surface area contributed by atoms with Crippen molar-refractivity contribution >= 4 is 6.29 Å². The molecule has 0 aliphatic carbocycles. The molecule has 76 valence electrons. The van der Waals surface area contributed by atoms with Crippen LogP contribution in [0.2, 0.25) is 0 Å². The molecule has 0 saturated carbocycles. The standard InChI is InChI=1S/C12H17NO/c1-4-5-6-12-11(8-14)10(3)9(2)7-13-12/h7-8H,4-6H2,1-3H3. The maximum Gasteiger partial charge on any atom is 0.152 e. The highest BCUT2D eigenvalue weighted by molar-refractivity contribution is 5.79. The van der Waals surface area contributed by atoms with E-state index in [1.807, 2.05) is 20.0 Å². The molecule has 0 aromatic carbocycles. The molecule has 0 aliphatic heterocycles. The summed E-state index contributed by atoms with van der Waals surface area (Å²) in [6.07, 6.45) is 5.92. The predicted octanol–water partition coefficient (Wildman–Crippen LogP) is 2.85. The molecule has 14 heavy (non-hydrogen) atoms. The van der Waals surface area contributed by atoms with Crippen molar-refractivity contribution in [1.29, 1.82) is 0 Å². The molecular weight excluding hydrogens is 174 g/mol. The Kier molecular flexibility index (Phi) is 3.81. The molecule has 2 nitrogen and oxygen atoms in total. The third-order valence-electron chi connectivity index (χ3n) is 2.61. The first-order valence-corrected chi connectivity index (χ1v) is 5.11. The molecule has 0 radical (unpaired) electrons. The zero-order chi connectivity index (χ0) is 10.6. The number of aryl methyl sites for hydroxylation is 2. The molecule has 1 aromatic heterocycles. The maximum absolute atomic E-state index is 10.9. The maximum atomic E-state index is 10.9. The molecule has 0 N–H and O–H groups in total. The number of unbranched alkanes of at least 4 members (excludes halogenated alkanes) is 1. The average Bonchev–Trinajstić information content (AvgIpc) is 2.20. The summed E-state index contributed by atoms with van der Waals surface area (Å²) >= 11 is 0. The number of carbonyl (C=O) groups excluding carboxylic acids is 1. The van der Waals surface area contributed by atoms with Crippen molar-refractivity contribution < 1.29 is 4.79 Å². The Bertz CT molecular complexity index is 331. The average molecular weight is 191 g/mol. The summed E-state index contributed by atoms with van der Waals surface area (Å²) in [6.45, 7) is 6.11. The van der Waals surface area contributed by atoms with Gasteiger partial charge >= 0.3 is 0 Å². The first kappa shape index (κ1) is 10.9. The second-order valence-corrected chi connectivity index (χ2v) is 3.65. The highest BCUT2D eigenvalue weighted by atomic mass is 16.1. The number of aldehydes is 1. The Morgan fingerprint density at radius 3 is 2.71 bits per heavy atom. The van der Waals surface area contributed by atoms with E-state index in [1.54, 1.807) is 0 Å². The lowest BCUT2D eigenvalue weighted by molar-refractivity contribution is 0.112. The summed E-state index contributed by atoms with van der Waals surface area (Å²) in [5.41, 5.74) is 3.90. The van der Waals surface area contributed by atoms with Crippen LogP contribution >= 0.6 is 0 Å². The molecule has 2 heteroatoms. The van der Waals surface area contributed by atoms with Crippen LogP contribution in [0.4, 0.5) is 0 Å². The summed E-state index contributed by atoms with van der Waals surface area (Å²) in [5.74, 6) is 0. The van der Waals surface area contributed by atoms with E-state index in [4.69, 9.17) is 0 Å². The second kappa shape index (κ2) is 4.89. The van der Waals surface area contributed by atoms with Gasteiger partial charge in [0.25, 0.3) is 0 Å². The number of nitrogens with zero attached hydrogens (tertiary/aromatic N) is 1. The zero-order valence-corrected chi connectivity index (χ0v) is 9.13. The normalized spacial score (nSPS) is 10.2. The minimum absolute atomic E-state index is 0.790. The van der Waals surface area contributed by atoms with E-state index in [1.165, 1.54) is 0 Å². The molecule has 0 bridgehead atoms. The number of aromatic nitrogens is 1. The molecule has 0 aliphatic rings. The summed E-state index contributed by atoms with van der Waals surface area (Å²) in [7, 11) is 0. The van der Waals surface area contributed by atoms with E-state index >= 15 is 0 Å². The lowest BCUT2D eigenvalue weighted by Crippen LogP contribution is -2.01. The van der Waals surface area contributed by atoms with Crippen molar-refractivity contribution in [2.45, 2.75) is 40.0 Å². The van der Waals surface area contributed by atoms with E-state index in [0.29, 0.717) is 0 Å². The van der Waals surface area contributed by atoms with Crippen LogP contribution in [0.5, 0.6) is 0 Å². The van der Waals surface area contributed by atoms with E-state index in [0.717, 1.165) is 47.9 Å². The fourth-order valence-corrected chi connectivity index (χ4v) is 1.47. The van der Waals surface area contributed by atoms with E-state index in [2.05, 4.69) is 11.9 Å². The van der Waals surface area contributed by atoms with Gasteiger partial charge in [-0.3, -0.25) is 9.78 Å². The molecule has 1 aromatic rings. The Balaban J connectivity index is 3.04. The van der Waals surface area contributed by atoms with E-state index in [9.17, 15) is 4.79 Å². The third kappa shape index (κ3) is 2.19. The van der Waals surface area contributed by atoms with Gasteiger partial charge in [-0.1, -0.05) is 13.3 Å². The minimum atomic E-state index is 0.790. The first-order chi connectivity index (χ1) is 6.70. The largest absolute Gasteiger partial charge is 0.298 e. The Hall–Kier alpha value is -1.18. The van der Waals surface area contributed by atoms with Gasteiger partial charge in [0.1, 0.15) is 0 Å². The molecule has 1 rings (SSSR count). The summed E-state index contributed by atoms with van der Waals surface area (Å²) in [6, 6.07) is 0. The molecule has 1 heterocycles. The van der Waals surface area contributed by atoms with Crippen molar-refractivity contribution in [2.75, 3.05) is 0 Å². The van der Waals surface area contributed by atoms with Gasteiger partial charge in [0.15, 0.2) is 6.29 Å². The molecule has 0 unspecified atom stereocenters. The van der Waals surface area contributed by atoms with Crippen molar-refractivity contribution in [1.82, 2.24) is 4.98 Å². The Labute approximate surface area is 85.4 Å². The molecule has 0 spiro atoms. The SMILES string of the molecule is CCCCc1ncc(C)c(C)c1C=O. The van der Waals surface area contributed by atoms with Crippen LogP contribution in [0.1, 0.15) is 46.9 Å². The van der Waals surface area contributed by atoms with Gasteiger partial charge in [0.2, 0.25) is 0 Å². The van der Waals surface area contributed by atoms with Crippen molar-refractivity contribution in [3.05, 3.63) is 28.6 Å². The monoisotopic (exact) mass is 191 g/mol. The van der Waals surface area contributed by atoms with Crippen LogP contribution in [-0.2, 0) is 6.42 Å². The van der Waals surface area contributed by atoms with Gasteiger partial charge in [-0.2, -0.15) is 0 Å². The predicted molar refractivity (Wildman–Crippen MR) is 57.7 cm³/mol. The summed E-state index contributed by atoms with van der Waals surface area (Å²) < 4.78 is 0. The molecule has 0 fully saturated rings. The van der Waals surface area contributed by atoms with Gasteiger partial charge in [0.05, 0.1) is 5.69 Å². The fourth-order valence-electron chi connectivity index (χ4n) is 1.47. The number of carbonyl (C=O) groups is 1. The number of rotatable bonds is 4. The first-order valence-electron chi connectivity index (χ1n) is 5.11. The molecule has 0 amide bonds. The zero-order valence-electron chi connectivity index (χ0n) is 9.13. The van der Waals surface area contributed by atoms with Crippen molar-refractivity contribution in [2.24, 2.45) is 0 Å². The van der Waals surface area contributed by atoms with Crippen molar-refractivity contribution in [3.63, 3.8) is 0 Å². The smallest absolute Gasteiger partial charge is 0.152 e. The molecule has 0 saturated heterocycles.